The number of aryl methyl sites for hydroxylation is 2. The second-order valence-electron chi connectivity index (χ2n) is 8.67. The molecule has 3 N–H and O–H groups in total. The summed E-state index contributed by atoms with van der Waals surface area (Å²) in [7, 11) is 0. The van der Waals surface area contributed by atoms with E-state index in [1.807, 2.05) is 56.3 Å². The summed E-state index contributed by atoms with van der Waals surface area (Å²) in [5.41, 5.74) is 3.10. The van der Waals surface area contributed by atoms with Crippen LogP contribution in [0.5, 0.6) is 0 Å². The Morgan fingerprint density at radius 1 is 0.971 bits per heavy atom. The SMILES string of the molecule is Cc1cc(C)cc(CC(Cc2c[nH]c3ccccc23)(NC(=O)c2ccc(Cl)cc2Cl)C(=O)O)c1. The van der Waals surface area contributed by atoms with Crippen molar-refractivity contribution in [3.8, 4) is 0 Å². The van der Waals surface area contributed by atoms with E-state index in [4.69, 9.17) is 23.2 Å². The molecule has 1 unspecified atom stereocenters. The van der Waals surface area contributed by atoms with Gasteiger partial charge in [0.2, 0.25) is 0 Å². The molecule has 0 saturated carbocycles. The number of hydrogen-bond acceptors (Lipinski definition) is 2. The molecule has 34 heavy (non-hydrogen) atoms. The summed E-state index contributed by atoms with van der Waals surface area (Å²) in [4.78, 5) is 29.4. The zero-order valence-electron chi connectivity index (χ0n) is 18.8. The highest BCUT2D eigenvalue weighted by molar-refractivity contribution is 6.36. The van der Waals surface area contributed by atoms with Gasteiger partial charge in [0.1, 0.15) is 5.54 Å². The number of para-hydroxylation sites is 1. The smallest absolute Gasteiger partial charge is 0.330 e. The molecule has 0 fully saturated rings. The number of fused-ring (bicyclic) bond motifs is 1. The Morgan fingerprint density at radius 2 is 1.68 bits per heavy atom. The normalized spacial score (nSPS) is 12.9. The minimum Gasteiger partial charge on any atom is -0.479 e. The highest BCUT2D eigenvalue weighted by atomic mass is 35.5. The summed E-state index contributed by atoms with van der Waals surface area (Å²) in [5, 5.41) is 14.8. The number of carbonyl (C=O) groups is 2. The molecule has 4 rings (SSSR count). The fraction of sp³-hybridized carbons (Fsp3) is 0.185. The Morgan fingerprint density at radius 3 is 2.35 bits per heavy atom. The lowest BCUT2D eigenvalue weighted by atomic mass is 9.83. The maximum Gasteiger partial charge on any atom is 0.330 e. The maximum absolute atomic E-state index is 13.3. The predicted octanol–water partition coefficient (Wildman–Crippen LogP) is 6.13. The molecule has 0 aliphatic rings. The lowest BCUT2D eigenvalue weighted by molar-refractivity contribution is -0.144. The van der Waals surface area contributed by atoms with Crippen LogP contribution in [-0.4, -0.2) is 27.5 Å². The number of H-pyrrole nitrogens is 1. The van der Waals surface area contributed by atoms with Crippen molar-refractivity contribution in [3.05, 3.63) is 105 Å². The largest absolute Gasteiger partial charge is 0.479 e. The molecule has 1 atom stereocenters. The van der Waals surface area contributed by atoms with Crippen molar-refractivity contribution in [3.63, 3.8) is 0 Å². The van der Waals surface area contributed by atoms with E-state index in [9.17, 15) is 14.7 Å². The van der Waals surface area contributed by atoms with E-state index in [0.29, 0.717) is 5.02 Å². The van der Waals surface area contributed by atoms with Gasteiger partial charge in [-0.2, -0.15) is 0 Å². The third-order valence-corrected chi connectivity index (χ3v) is 6.44. The number of carboxylic acid groups (broad SMARTS) is 1. The summed E-state index contributed by atoms with van der Waals surface area (Å²) < 4.78 is 0. The van der Waals surface area contributed by atoms with Crippen molar-refractivity contribution >= 4 is 46.0 Å². The molecule has 0 spiro atoms. The van der Waals surface area contributed by atoms with E-state index >= 15 is 0 Å². The van der Waals surface area contributed by atoms with Crippen LogP contribution in [0.25, 0.3) is 10.9 Å². The average molecular weight is 495 g/mol. The topological polar surface area (TPSA) is 82.2 Å². The molecule has 1 amide bonds. The number of rotatable bonds is 7. The number of halogens is 2. The highest BCUT2D eigenvalue weighted by Gasteiger charge is 2.41. The molecule has 0 saturated heterocycles. The first kappa shape index (κ1) is 23.9. The quantitative estimate of drug-likeness (QED) is 0.289. The van der Waals surface area contributed by atoms with Gasteiger partial charge in [0.25, 0.3) is 5.91 Å². The Bertz CT molecular complexity index is 1380. The third-order valence-electron chi connectivity index (χ3n) is 5.89. The molecular formula is C27H24Cl2N2O3. The Hall–Kier alpha value is -3.28. The van der Waals surface area contributed by atoms with E-state index in [1.165, 1.54) is 12.1 Å². The molecule has 3 aromatic carbocycles. The number of hydrogen-bond donors (Lipinski definition) is 3. The molecule has 0 bridgehead atoms. The zero-order valence-corrected chi connectivity index (χ0v) is 20.3. The van der Waals surface area contributed by atoms with Crippen LogP contribution in [0.3, 0.4) is 0 Å². The van der Waals surface area contributed by atoms with E-state index < -0.39 is 17.4 Å². The molecule has 1 aromatic heterocycles. The molecule has 0 aliphatic heterocycles. The standard InChI is InChI=1S/C27H24Cl2N2O3/c1-16-9-17(2)11-18(10-16)13-27(26(33)34,14-19-15-30-24-6-4-3-5-21(19)24)31-25(32)22-8-7-20(28)12-23(22)29/h3-12,15,30H,13-14H2,1-2H3,(H,31,32)(H,33,34). The second kappa shape index (κ2) is 9.53. The van der Waals surface area contributed by atoms with Gasteiger partial charge >= 0.3 is 5.97 Å². The van der Waals surface area contributed by atoms with E-state index in [2.05, 4.69) is 10.3 Å². The predicted molar refractivity (Wildman–Crippen MR) is 136 cm³/mol. The van der Waals surface area contributed by atoms with Gasteiger partial charge in [0.15, 0.2) is 0 Å². The Kier molecular flexibility index (Phi) is 6.69. The molecule has 0 radical (unpaired) electrons. The van der Waals surface area contributed by atoms with E-state index in [1.54, 1.807) is 12.3 Å². The van der Waals surface area contributed by atoms with Gasteiger partial charge in [0, 0.05) is 35.0 Å². The maximum atomic E-state index is 13.3. The molecule has 4 aromatic rings. The molecule has 0 aliphatic carbocycles. The van der Waals surface area contributed by atoms with Gasteiger partial charge in [-0.05, 0) is 49.2 Å². The van der Waals surface area contributed by atoms with Crippen LogP contribution >= 0.6 is 23.2 Å². The van der Waals surface area contributed by atoms with Crippen molar-refractivity contribution in [1.82, 2.24) is 10.3 Å². The number of benzene rings is 3. The molecule has 7 heteroatoms. The number of nitrogens with one attached hydrogen (secondary N) is 2. The Labute approximate surface area is 207 Å². The fourth-order valence-corrected chi connectivity index (χ4v) is 4.93. The Balaban J connectivity index is 1.80. The van der Waals surface area contributed by atoms with E-state index in [-0.39, 0.29) is 23.4 Å². The van der Waals surface area contributed by atoms with Crippen molar-refractivity contribution in [1.29, 1.82) is 0 Å². The third kappa shape index (κ3) is 4.96. The van der Waals surface area contributed by atoms with E-state index in [0.717, 1.165) is 33.2 Å². The number of carbonyl (C=O) groups excluding carboxylic acids is 1. The summed E-state index contributed by atoms with van der Waals surface area (Å²) in [6.45, 7) is 3.93. The minimum absolute atomic E-state index is 0.0796. The summed E-state index contributed by atoms with van der Waals surface area (Å²) in [5.74, 6) is -1.70. The van der Waals surface area contributed by atoms with Crippen molar-refractivity contribution in [2.45, 2.75) is 32.2 Å². The van der Waals surface area contributed by atoms with Gasteiger partial charge in [-0.15, -0.1) is 0 Å². The average Bonchev–Trinajstić information content (AvgIpc) is 3.15. The van der Waals surface area contributed by atoms with Gasteiger partial charge in [-0.1, -0.05) is 70.7 Å². The monoisotopic (exact) mass is 494 g/mol. The first-order chi connectivity index (χ1) is 16.2. The summed E-state index contributed by atoms with van der Waals surface area (Å²) in [6.07, 6.45) is 1.98. The van der Waals surface area contributed by atoms with Crippen LogP contribution in [0.4, 0.5) is 0 Å². The van der Waals surface area contributed by atoms with Crippen LogP contribution in [0.15, 0.2) is 66.9 Å². The van der Waals surface area contributed by atoms with Crippen LogP contribution in [0.1, 0.15) is 32.6 Å². The van der Waals surface area contributed by atoms with Gasteiger partial charge < -0.3 is 15.4 Å². The summed E-state index contributed by atoms with van der Waals surface area (Å²) >= 11 is 12.2. The lowest BCUT2D eigenvalue weighted by Gasteiger charge is -2.31. The zero-order chi connectivity index (χ0) is 24.5. The van der Waals surface area contributed by atoms with Gasteiger partial charge in [-0.3, -0.25) is 4.79 Å². The number of aromatic amines is 1. The lowest BCUT2D eigenvalue weighted by Crippen LogP contribution is -2.57. The number of aliphatic carboxylic acids is 1. The number of carboxylic acids is 1. The molecule has 174 valence electrons. The second-order valence-corrected chi connectivity index (χ2v) is 9.52. The van der Waals surface area contributed by atoms with Crippen molar-refractivity contribution in [2.24, 2.45) is 0 Å². The first-order valence-electron chi connectivity index (χ1n) is 10.8. The number of aromatic nitrogens is 1. The van der Waals surface area contributed by atoms with Crippen LogP contribution < -0.4 is 5.32 Å². The molecular weight excluding hydrogens is 471 g/mol. The molecule has 1 heterocycles. The molecule has 5 nitrogen and oxygen atoms in total. The van der Waals surface area contributed by atoms with Gasteiger partial charge in [0.05, 0.1) is 10.6 Å². The summed E-state index contributed by atoms with van der Waals surface area (Å²) in [6, 6.07) is 18.1. The first-order valence-corrected chi connectivity index (χ1v) is 11.6. The number of amides is 1. The van der Waals surface area contributed by atoms with Crippen LogP contribution in [0, 0.1) is 13.8 Å². The fourth-order valence-electron chi connectivity index (χ4n) is 4.44. The van der Waals surface area contributed by atoms with Crippen LogP contribution in [-0.2, 0) is 17.6 Å². The van der Waals surface area contributed by atoms with Gasteiger partial charge in [-0.25, -0.2) is 4.79 Å². The highest BCUT2D eigenvalue weighted by Crippen LogP contribution is 2.28. The van der Waals surface area contributed by atoms with Crippen LogP contribution in [0.2, 0.25) is 10.0 Å². The van der Waals surface area contributed by atoms with Crippen molar-refractivity contribution in [2.75, 3.05) is 0 Å². The van der Waals surface area contributed by atoms with Crippen molar-refractivity contribution < 1.29 is 14.7 Å². The minimum atomic E-state index is -1.62.